The van der Waals surface area contributed by atoms with Gasteiger partial charge in [-0.25, -0.2) is 0 Å². The average molecular weight is 583 g/mol. The zero-order valence-electron chi connectivity index (χ0n) is 25.3. The molecule has 0 unspecified atom stereocenters. The number of hydrogen-bond donors (Lipinski definition) is 0. The molecule has 0 radical (unpaired) electrons. The van der Waals surface area contributed by atoms with Crippen molar-refractivity contribution in [2.24, 2.45) is 0 Å². The molecule has 9 aromatic carbocycles. The van der Waals surface area contributed by atoms with E-state index >= 15 is 0 Å². The molecule has 0 heteroatoms. The minimum absolute atomic E-state index is 1.22. The van der Waals surface area contributed by atoms with Crippen LogP contribution in [0, 0.1) is 0 Å². The molecule has 46 heavy (non-hydrogen) atoms. The zero-order valence-corrected chi connectivity index (χ0v) is 25.3. The molecule has 0 amide bonds. The van der Waals surface area contributed by atoms with Crippen LogP contribution in [0.15, 0.2) is 182 Å². The third-order valence-corrected chi connectivity index (χ3v) is 9.43. The highest BCUT2D eigenvalue weighted by atomic mass is 14.1. The van der Waals surface area contributed by atoms with Crippen molar-refractivity contribution in [2.75, 3.05) is 0 Å². The Morgan fingerprint density at radius 2 is 0.717 bits per heavy atom. The van der Waals surface area contributed by atoms with E-state index in [9.17, 15) is 0 Å². The number of rotatable bonds is 4. The second-order valence-electron chi connectivity index (χ2n) is 12.2. The Bertz CT molecular complexity index is 2560. The molecule has 0 N–H and O–H groups in total. The quantitative estimate of drug-likeness (QED) is 0.181. The Hall–Kier alpha value is -5.98. The lowest BCUT2D eigenvalue weighted by Crippen LogP contribution is -1.86. The lowest BCUT2D eigenvalue weighted by molar-refractivity contribution is 1.61. The predicted octanol–water partition coefficient (Wildman–Crippen LogP) is 13.0. The molecule has 0 nitrogen and oxygen atoms in total. The minimum atomic E-state index is 1.22. The maximum absolute atomic E-state index is 2.33. The van der Waals surface area contributed by atoms with Crippen molar-refractivity contribution in [2.45, 2.75) is 0 Å². The van der Waals surface area contributed by atoms with Gasteiger partial charge >= 0.3 is 0 Å². The van der Waals surface area contributed by atoms with Crippen LogP contribution in [0.2, 0.25) is 0 Å². The summed E-state index contributed by atoms with van der Waals surface area (Å²) in [5, 5.41) is 10.2. The monoisotopic (exact) mass is 582 g/mol. The van der Waals surface area contributed by atoms with E-state index in [4.69, 9.17) is 0 Å². The van der Waals surface area contributed by atoms with Crippen LogP contribution in [0.1, 0.15) is 0 Å². The maximum atomic E-state index is 2.33. The van der Waals surface area contributed by atoms with Gasteiger partial charge in [-0.15, -0.1) is 0 Å². The Balaban J connectivity index is 1.04. The fourth-order valence-electron chi connectivity index (χ4n) is 7.08. The Morgan fingerprint density at radius 1 is 0.196 bits per heavy atom. The van der Waals surface area contributed by atoms with Gasteiger partial charge in [-0.3, -0.25) is 0 Å². The third-order valence-electron chi connectivity index (χ3n) is 9.43. The highest BCUT2D eigenvalue weighted by Crippen LogP contribution is 2.37. The number of hydrogen-bond acceptors (Lipinski definition) is 0. The van der Waals surface area contributed by atoms with Gasteiger partial charge in [0.25, 0.3) is 0 Å². The normalized spacial score (nSPS) is 11.5. The first-order valence-corrected chi connectivity index (χ1v) is 15.9. The van der Waals surface area contributed by atoms with Crippen molar-refractivity contribution < 1.29 is 0 Å². The number of benzene rings is 9. The van der Waals surface area contributed by atoms with Gasteiger partial charge in [-0.05, 0) is 112 Å². The molecule has 0 heterocycles. The molecule has 0 spiro atoms. The molecule has 0 aliphatic rings. The lowest BCUT2D eigenvalue weighted by atomic mass is 9.92. The van der Waals surface area contributed by atoms with Gasteiger partial charge in [0.2, 0.25) is 0 Å². The molecular formula is C46H30. The fourth-order valence-corrected chi connectivity index (χ4v) is 7.08. The van der Waals surface area contributed by atoms with Crippen molar-refractivity contribution in [3.8, 4) is 44.5 Å². The van der Waals surface area contributed by atoms with Crippen LogP contribution in [0.25, 0.3) is 87.6 Å². The van der Waals surface area contributed by atoms with Crippen LogP contribution in [0.5, 0.6) is 0 Å². The summed E-state index contributed by atoms with van der Waals surface area (Å²) in [6.07, 6.45) is 0. The summed E-state index contributed by atoms with van der Waals surface area (Å²) in [5.41, 5.74) is 9.94. The standard InChI is InChI=1S/C46H30/c1-3-14-41-32(9-1)11-8-18-42(41)39-13-7-12-34(29-39)36-25-26-37-27-35(23-24-38(37)28-36)31-19-21-33(22-20-31)46-30-40-10-2-4-15-43(40)44-16-5-6-17-45(44)46/h1-30H. The summed E-state index contributed by atoms with van der Waals surface area (Å²) in [7, 11) is 0. The van der Waals surface area contributed by atoms with Gasteiger partial charge in [-0.2, -0.15) is 0 Å². The Labute approximate surface area is 268 Å². The smallest absolute Gasteiger partial charge is 0.00990 e. The van der Waals surface area contributed by atoms with Gasteiger partial charge in [0, 0.05) is 0 Å². The van der Waals surface area contributed by atoms with E-state index in [2.05, 4.69) is 182 Å². The first kappa shape index (κ1) is 26.4. The summed E-state index contributed by atoms with van der Waals surface area (Å²) in [6.45, 7) is 0. The summed E-state index contributed by atoms with van der Waals surface area (Å²) in [5.74, 6) is 0. The first-order chi connectivity index (χ1) is 22.8. The van der Waals surface area contributed by atoms with E-state index < -0.39 is 0 Å². The van der Waals surface area contributed by atoms with E-state index in [1.54, 1.807) is 0 Å². The van der Waals surface area contributed by atoms with Gasteiger partial charge in [0.15, 0.2) is 0 Å². The molecule has 0 saturated heterocycles. The van der Waals surface area contributed by atoms with Crippen molar-refractivity contribution in [3.05, 3.63) is 182 Å². The fraction of sp³-hybridized carbons (Fsp3) is 0. The third kappa shape index (κ3) is 4.55. The van der Waals surface area contributed by atoms with Crippen LogP contribution in [-0.2, 0) is 0 Å². The van der Waals surface area contributed by atoms with Crippen LogP contribution >= 0.6 is 0 Å². The lowest BCUT2D eigenvalue weighted by Gasteiger charge is -2.12. The molecule has 0 aromatic heterocycles. The highest BCUT2D eigenvalue weighted by Gasteiger charge is 2.10. The Kier molecular flexibility index (Phi) is 6.25. The second kappa shape index (κ2) is 10.9. The molecule has 214 valence electrons. The zero-order chi connectivity index (χ0) is 30.5. The van der Waals surface area contributed by atoms with Crippen LogP contribution in [-0.4, -0.2) is 0 Å². The van der Waals surface area contributed by atoms with Gasteiger partial charge in [0.05, 0.1) is 0 Å². The van der Waals surface area contributed by atoms with Gasteiger partial charge in [-0.1, -0.05) is 158 Å². The minimum Gasteiger partial charge on any atom is -0.0616 e. The molecule has 9 rings (SSSR count). The molecule has 0 aliphatic carbocycles. The van der Waals surface area contributed by atoms with Crippen molar-refractivity contribution in [3.63, 3.8) is 0 Å². The van der Waals surface area contributed by atoms with Gasteiger partial charge < -0.3 is 0 Å². The predicted molar refractivity (Wildman–Crippen MR) is 198 cm³/mol. The first-order valence-electron chi connectivity index (χ1n) is 15.9. The van der Waals surface area contributed by atoms with Crippen LogP contribution < -0.4 is 0 Å². The summed E-state index contributed by atoms with van der Waals surface area (Å²) in [6, 6.07) is 66.5. The molecule has 0 fully saturated rings. The van der Waals surface area contributed by atoms with Crippen LogP contribution in [0.4, 0.5) is 0 Å². The molecule has 0 atom stereocenters. The highest BCUT2D eigenvalue weighted by molar-refractivity contribution is 6.13. The van der Waals surface area contributed by atoms with E-state index in [1.165, 1.54) is 87.6 Å². The molecular weight excluding hydrogens is 553 g/mol. The van der Waals surface area contributed by atoms with Crippen LogP contribution in [0.3, 0.4) is 0 Å². The summed E-state index contributed by atoms with van der Waals surface area (Å²) in [4.78, 5) is 0. The molecule has 0 aliphatic heterocycles. The topological polar surface area (TPSA) is 0 Å². The van der Waals surface area contributed by atoms with E-state index in [1.807, 2.05) is 0 Å². The summed E-state index contributed by atoms with van der Waals surface area (Å²) >= 11 is 0. The number of fused-ring (bicyclic) bond motifs is 5. The van der Waals surface area contributed by atoms with Crippen molar-refractivity contribution >= 4 is 43.1 Å². The van der Waals surface area contributed by atoms with E-state index in [0.29, 0.717) is 0 Å². The molecule has 0 bridgehead atoms. The van der Waals surface area contributed by atoms with Crippen molar-refractivity contribution in [1.29, 1.82) is 0 Å². The molecule has 0 saturated carbocycles. The van der Waals surface area contributed by atoms with Crippen molar-refractivity contribution in [1.82, 2.24) is 0 Å². The average Bonchev–Trinajstić information content (AvgIpc) is 3.14. The maximum Gasteiger partial charge on any atom is -0.00990 e. The van der Waals surface area contributed by atoms with Gasteiger partial charge in [0.1, 0.15) is 0 Å². The summed E-state index contributed by atoms with van der Waals surface area (Å²) < 4.78 is 0. The SMILES string of the molecule is c1cc(-c2ccc3cc(-c4ccc(-c5cc6ccccc6c6ccccc56)cc4)ccc3c2)cc(-c2cccc3ccccc23)c1. The largest absolute Gasteiger partial charge is 0.0616 e. The Morgan fingerprint density at radius 3 is 1.50 bits per heavy atom. The molecule has 9 aromatic rings. The van der Waals surface area contributed by atoms with E-state index in [-0.39, 0.29) is 0 Å². The second-order valence-corrected chi connectivity index (χ2v) is 12.2. The van der Waals surface area contributed by atoms with E-state index in [0.717, 1.165) is 0 Å².